The van der Waals surface area contributed by atoms with E-state index in [9.17, 15) is 10.3 Å². The molecule has 14 heavy (non-hydrogen) atoms. The Morgan fingerprint density at radius 3 is 2.93 bits per heavy atom. The number of benzene rings is 1. The molecule has 0 aliphatic rings. The molecule has 0 saturated carbocycles. The van der Waals surface area contributed by atoms with E-state index in [0.717, 1.165) is 5.39 Å². The fourth-order valence-electron chi connectivity index (χ4n) is 1.29. The number of phenolic OH excluding ortho intramolecular Hbond substituents is 1. The Hall–Kier alpha value is -2.10. The van der Waals surface area contributed by atoms with Gasteiger partial charge in [-0.2, -0.15) is 0 Å². The second kappa shape index (κ2) is 3.33. The van der Waals surface area contributed by atoms with Crippen LogP contribution in [0.25, 0.3) is 10.9 Å². The smallest absolute Gasteiger partial charge is 0.198 e. The van der Waals surface area contributed by atoms with E-state index in [-0.39, 0.29) is 5.75 Å². The molecule has 0 radical (unpaired) electrons. The lowest BCUT2D eigenvalue weighted by atomic mass is 10.2. The van der Waals surface area contributed by atoms with E-state index in [4.69, 9.17) is 0 Å². The van der Waals surface area contributed by atoms with Crippen molar-refractivity contribution in [3.8, 4) is 5.75 Å². The number of aromatic hydroxyl groups is 1. The van der Waals surface area contributed by atoms with Crippen LogP contribution in [-0.2, 0) is 0 Å². The summed E-state index contributed by atoms with van der Waals surface area (Å²) in [6.45, 7) is 0. The van der Waals surface area contributed by atoms with E-state index < -0.39 is 0 Å². The van der Waals surface area contributed by atoms with E-state index >= 15 is 0 Å². The van der Waals surface area contributed by atoms with E-state index in [2.05, 4.69) is 4.98 Å². The number of para-hydroxylation sites is 1. The second-order valence-corrected chi connectivity index (χ2v) is 2.85. The molecule has 2 aromatic rings. The van der Waals surface area contributed by atoms with Gasteiger partial charge in [0.05, 0.1) is 0 Å². The van der Waals surface area contributed by atoms with E-state index in [1.165, 1.54) is 6.21 Å². The highest BCUT2D eigenvalue weighted by Crippen LogP contribution is 2.21. The standard InChI is InChI=1S/C10H8N2O2/c13-9-3-1-2-7-4-5-8(6-11-14)12-10(7)9/h1-6,11H,(H-,12,13,14). The van der Waals surface area contributed by atoms with Crippen molar-refractivity contribution in [2.75, 3.05) is 0 Å². The van der Waals surface area contributed by atoms with Gasteiger partial charge in [0.2, 0.25) is 0 Å². The van der Waals surface area contributed by atoms with Crippen LogP contribution in [0, 0.1) is 5.21 Å². The van der Waals surface area contributed by atoms with Crippen LogP contribution in [0.5, 0.6) is 5.75 Å². The fourth-order valence-corrected chi connectivity index (χ4v) is 1.29. The average molecular weight is 188 g/mol. The molecule has 0 saturated heterocycles. The minimum Gasteiger partial charge on any atom is -0.625 e. The highest BCUT2D eigenvalue weighted by molar-refractivity contribution is 5.87. The molecule has 2 rings (SSSR count). The summed E-state index contributed by atoms with van der Waals surface area (Å²) in [7, 11) is 0. The lowest BCUT2D eigenvalue weighted by Crippen LogP contribution is -2.60. The zero-order chi connectivity index (χ0) is 9.97. The van der Waals surface area contributed by atoms with Crippen molar-refractivity contribution < 1.29 is 10.3 Å². The van der Waals surface area contributed by atoms with Crippen LogP contribution in [0.4, 0.5) is 0 Å². The Morgan fingerprint density at radius 2 is 2.14 bits per heavy atom. The SMILES string of the molecule is [O-][NH+]=Cc1ccc2cccc(O)c2n1. The number of hydrogen-bond acceptors (Lipinski definition) is 3. The van der Waals surface area contributed by atoms with Gasteiger partial charge in [0.1, 0.15) is 17.0 Å². The predicted molar refractivity (Wildman–Crippen MR) is 52.9 cm³/mol. The van der Waals surface area contributed by atoms with Crippen LogP contribution >= 0.6 is 0 Å². The molecule has 0 fully saturated rings. The maximum absolute atomic E-state index is 10.1. The largest absolute Gasteiger partial charge is 0.625 e. The molecule has 1 aromatic carbocycles. The summed E-state index contributed by atoms with van der Waals surface area (Å²) in [5.74, 6) is 0.114. The third kappa shape index (κ3) is 1.37. The van der Waals surface area contributed by atoms with Crippen molar-refractivity contribution in [1.82, 2.24) is 4.98 Å². The summed E-state index contributed by atoms with van der Waals surface area (Å²) in [5.41, 5.74) is 0.991. The van der Waals surface area contributed by atoms with Gasteiger partial charge in [0.15, 0.2) is 6.21 Å². The van der Waals surface area contributed by atoms with Gasteiger partial charge in [-0.3, -0.25) is 0 Å². The van der Waals surface area contributed by atoms with Crippen molar-refractivity contribution in [2.24, 2.45) is 0 Å². The third-order valence-corrected chi connectivity index (χ3v) is 1.93. The zero-order valence-electron chi connectivity index (χ0n) is 7.27. The summed E-state index contributed by atoms with van der Waals surface area (Å²) in [6, 6.07) is 8.65. The van der Waals surface area contributed by atoms with Crippen LogP contribution in [0.2, 0.25) is 0 Å². The first-order valence-corrected chi connectivity index (χ1v) is 4.11. The first-order chi connectivity index (χ1) is 6.81. The van der Waals surface area contributed by atoms with E-state index in [1.807, 2.05) is 6.07 Å². The number of aromatic nitrogens is 1. The lowest BCUT2D eigenvalue weighted by Gasteiger charge is -1.99. The molecule has 0 aliphatic heterocycles. The van der Waals surface area contributed by atoms with Crippen molar-refractivity contribution in [3.05, 3.63) is 41.2 Å². The number of phenols is 1. The van der Waals surface area contributed by atoms with Crippen LogP contribution in [0.3, 0.4) is 0 Å². The maximum atomic E-state index is 10.1. The van der Waals surface area contributed by atoms with Crippen LogP contribution < -0.4 is 5.16 Å². The van der Waals surface area contributed by atoms with Gasteiger partial charge >= 0.3 is 0 Å². The van der Waals surface area contributed by atoms with Gasteiger partial charge in [0.25, 0.3) is 0 Å². The summed E-state index contributed by atoms with van der Waals surface area (Å²) < 4.78 is 0. The third-order valence-electron chi connectivity index (χ3n) is 1.93. The topological polar surface area (TPSA) is 70.2 Å². The maximum Gasteiger partial charge on any atom is 0.198 e. The predicted octanol–water partition coefficient (Wildman–Crippen LogP) is -0.0623. The molecule has 0 amide bonds. The Labute approximate surface area is 80.1 Å². The highest BCUT2D eigenvalue weighted by atomic mass is 16.4. The van der Waals surface area contributed by atoms with Gasteiger partial charge < -0.3 is 10.3 Å². The summed E-state index contributed by atoms with van der Waals surface area (Å²) in [6.07, 6.45) is 1.23. The summed E-state index contributed by atoms with van der Waals surface area (Å²) in [4.78, 5) is 4.10. The number of nitrogens with one attached hydrogen (secondary N) is 1. The molecule has 0 atom stereocenters. The molecule has 0 unspecified atom stereocenters. The number of nitrogens with zero attached hydrogens (tertiary/aromatic N) is 1. The lowest BCUT2D eigenvalue weighted by molar-refractivity contribution is -0.366. The molecule has 70 valence electrons. The van der Waals surface area contributed by atoms with Crippen molar-refractivity contribution >= 4 is 17.1 Å². The van der Waals surface area contributed by atoms with Crippen LogP contribution in [0.1, 0.15) is 5.69 Å². The molecule has 2 N–H and O–H groups in total. The first kappa shape index (κ1) is 8.50. The Kier molecular flexibility index (Phi) is 2.02. The van der Waals surface area contributed by atoms with Gasteiger partial charge in [-0.25, -0.2) is 10.1 Å². The average Bonchev–Trinajstić information content (AvgIpc) is 2.20. The van der Waals surface area contributed by atoms with Crippen molar-refractivity contribution in [3.63, 3.8) is 0 Å². The Balaban J connectivity index is 2.69. The summed E-state index contributed by atoms with van der Waals surface area (Å²) in [5, 5.41) is 22.1. The number of hydrogen-bond donors (Lipinski definition) is 2. The molecular weight excluding hydrogens is 180 g/mol. The highest BCUT2D eigenvalue weighted by Gasteiger charge is 2.01. The molecule has 0 aliphatic carbocycles. The van der Waals surface area contributed by atoms with Crippen molar-refractivity contribution in [2.45, 2.75) is 0 Å². The number of fused-ring (bicyclic) bond motifs is 1. The van der Waals surface area contributed by atoms with Crippen molar-refractivity contribution in [1.29, 1.82) is 0 Å². The number of rotatable bonds is 1. The molecule has 1 heterocycles. The fraction of sp³-hybridized carbons (Fsp3) is 0. The number of pyridine rings is 1. The monoisotopic (exact) mass is 188 g/mol. The molecular formula is C10H8N2O2. The molecule has 4 nitrogen and oxygen atoms in total. The van der Waals surface area contributed by atoms with E-state index in [1.54, 1.807) is 29.4 Å². The molecule has 0 bridgehead atoms. The van der Waals surface area contributed by atoms with Crippen LogP contribution in [0.15, 0.2) is 30.3 Å². The normalized spacial score (nSPS) is 11.1. The Bertz CT molecular complexity index is 494. The van der Waals surface area contributed by atoms with Gasteiger partial charge in [-0.15, -0.1) is 0 Å². The Morgan fingerprint density at radius 1 is 1.29 bits per heavy atom. The van der Waals surface area contributed by atoms with Gasteiger partial charge in [-0.05, 0) is 12.1 Å². The van der Waals surface area contributed by atoms with Gasteiger partial charge in [0, 0.05) is 5.39 Å². The van der Waals surface area contributed by atoms with Crippen LogP contribution in [-0.4, -0.2) is 16.3 Å². The quantitative estimate of drug-likeness (QED) is 0.374. The first-order valence-electron chi connectivity index (χ1n) is 4.11. The van der Waals surface area contributed by atoms with Gasteiger partial charge in [-0.1, -0.05) is 18.2 Å². The summed E-state index contributed by atoms with van der Waals surface area (Å²) >= 11 is 0. The minimum absolute atomic E-state index is 0.114. The van der Waals surface area contributed by atoms with E-state index in [0.29, 0.717) is 11.2 Å². The zero-order valence-corrected chi connectivity index (χ0v) is 7.27. The molecule has 1 aromatic heterocycles. The minimum atomic E-state index is 0.114. The molecule has 0 spiro atoms. The molecule has 4 heteroatoms. The second-order valence-electron chi connectivity index (χ2n) is 2.85.